The van der Waals surface area contributed by atoms with Gasteiger partial charge in [0.05, 0.1) is 5.69 Å². The van der Waals surface area contributed by atoms with E-state index < -0.39 is 0 Å². The summed E-state index contributed by atoms with van der Waals surface area (Å²) < 4.78 is 1.54. The molecule has 4 heteroatoms. The summed E-state index contributed by atoms with van der Waals surface area (Å²) in [4.78, 5) is 17.4. The number of H-pyrrole nitrogens is 1. The third-order valence-corrected chi connectivity index (χ3v) is 4.62. The minimum absolute atomic E-state index is 0.0792. The summed E-state index contributed by atoms with van der Waals surface area (Å²) in [5, 5.41) is 5.51. The molecule has 0 bridgehead atoms. The van der Waals surface area contributed by atoms with Crippen LogP contribution in [0, 0.1) is 6.92 Å². The van der Waals surface area contributed by atoms with Gasteiger partial charge < -0.3 is 0 Å². The Bertz CT molecular complexity index is 1150. The predicted molar refractivity (Wildman–Crippen MR) is 102 cm³/mol. The van der Waals surface area contributed by atoms with Crippen LogP contribution < -0.4 is 5.56 Å². The van der Waals surface area contributed by atoms with E-state index in [9.17, 15) is 4.79 Å². The molecule has 4 aromatic rings. The first kappa shape index (κ1) is 15.6. The highest BCUT2D eigenvalue weighted by Gasteiger charge is 2.21. The topological polar surface area (TPSA) is 50.2 Å². The summed E-state index contributed by atoms with van der Waals surface area (Å²) in [7, 11) is 0. The number of hydrogen-bond acceptors (Lipinski definition) is 2. The largest absolute Gasteiger partial charge is 0.293 e. The average Bonchev–Trinajstić information content (AvgIpc) is 2.90. The summed E-state index contributed by atoms with van der Waals surface area (Å²) in [6.07, 6.45) is 0. The lowest BCUT2D eigenvalue weighted by molar-refractivity contribution is 0.566. The van der Waals surface area contributed by atoms with Crippen molar-refractivity contribution < 1.29 is 0 Å². The number of hydrogen-bond donors (Lipinski definition) is 1. The van der Waals surface area contributed by atoms with Crippen molar-refractivity contribution in [1.29, 1.82) is 0 Å². The van der Waals surface area contributed by atoms with Gasteiger partial charge in [0.15, 0.2) is 5.65 Å². The standard InChI is InChI=1S/C21H21N3O/c1-13-19(16-11-7-9-14-8-5-6-10-15(14)16)20-22-17(21(2,3)4)12-18(25)24(20)23-13/h5-12,23H,1-4H3. The van der Waals surface area contributed by atoms with Crippen molar-refractivity contribution in [1.82, 2.24) is 14.6 Å². The molecule has 2 heterocycles. The molecule has 0 spiro atoms. The Morgan fingerprint density at radius 1 is 1.04 bits per heavy atom. The maximum atomic E-state index is 12.6. The van der Waals surface area contributed by atoms with Gasteiger partial charge in [0, 0.05) is 22.7 Å². The minimum atomic E-state index is -0.185. The van der Waals surface area contributed by atoms with Gasteiger partial charge in [-0.05, 0) is 23.3 Å². The van der Waals surface area contributed by atoms with E-state index in [2.05, 4.69) is 50.1 Å². The molecule has 0 aliphatic heterocycles. The van der Waals surface area contributed by atoms with Crippen molar-refractivity contribution in [2.45, 2.75) is 33.1 Å². The second kappa shape index (κ2) is 5.31. The van der Waals surface area contributed by atoms with Crippen molar-refractivity contribution in [2.75, 3.05) is 0 Å². The summed E-state index contributed by atoms with van der Waals surface area (Å²) in [5.41, 5.74) is 4.24. The van der Waals surface area contributed by atoms with Crippen LogP contribution in [0.1, 0.15) is 32.2 Å². The molecule has 25 heavy (non-hydrogen) atoms. The zero-order valence-corrected chi connectivity index (χ0v) is 14.9. The lowest BCUT2D eigenvalue weighted by Crippen LogP contribution is -2.22. The van der Waals surface area contributed by atoms with Gasteiger partial charge in [-0.2, -0.15) is 0 Å². The van der Waals surface area contributed by atoms with Crippen LogP contribution in [-0.2, 0) is 5.41 Å². The number of benzene rings is 2. The third kappa shape index (κ3) is 2.45. The van der Waals surface area contributed by atoms with Gasteiger partial charge in [-0.15, -0.1) is 0 Å². The fraction of sp³-hybridized carbons (Fsp3) is 0.238. The maximum absolute atomic E-state index is 12.6. The predicted octanol–water partition coefficient (Wildman–Crippen LogP) is 4.45. The van der Waals surface area contributed by atoms with E-state index in [1.807, 2.05) is 25.1 Å². The van der Waals surface area contributed by atoms with Crippen LogP contribution >= 0.6 is 0 Å². The first-order chi connectivity index (χ1) is 11.9. The second-order valence-electron chi connectivity index (χ2n) is 7.53. The van der Waals surface area contributed by atoms with Crippen molar-refractivity contribution >= 4 is 16.4 Å². The molecule has 0 unspecified atom stereocenters. The average molecular weight is 331 g/mol. The van der Waals surface area contributed by atoms with Crippen LogP contribution in [0.15, 0.2) is 53.3 Å². The zero-order chi connectivity index (χ0) is 17.8. The molecule has 0 saturated carbocycles. The van der Waals surface area contributed by atoms with E-state index in [-0.39, 0.29) is 11.0 Å². The van der Waals surface area contributed by atoms with E-state index in [4.69, 9.17) is 4.98 Å². The normalized spacial score (nSPS) is 12.2. The Morgan fingerprint density at radius 2 is 1.76 bits per heavy atom. The highest BCUT2D eigenvalue weighted by atomic mass is 16.1. The molecule has 0 saturated heterocycles. The number of nitrogens with one attached hydrogen (secondary N) is 1. The molecule has 0 aliphatic rings. The smallest absolute Gasteiger partial charge is 0.272 e. The highest BCUT2D eigenvalue weighted by Crippen LogP contribution is 2.33. The summed E-state index contributed by atoms with van der Waals surface area (Å²) >= 11 is 0. The number of fused-ring (bicyclic) bond motifs is 2. The number of aromatic amines is 1. The molecular weight excluding hydrogens is 310 g/mol. The zero-order valence-electron chi connectivity index (χ0n) is 14.9. The molecule has 1 N–H and O–H groups in total. The SMILES string of the molecule is Cc1[nH]n2c(=O)cc(C(C)(C)C)nc2c1-c1cccc2ccccc12. The van der Waals surface area contributed by atoms with Crippen LogP contribution in [0.3, 0.4) is 0 Å². The fourth-order valence-electron chi connectivity index (χ4n) is 3.30. The molecule has 126 valence electrons. The molecule has 4 nitrogen and oxygen atoms in total. The third-order valence-electron chi connectivity index (χ3n) is 4.62. The molecule has 0 radical (unpaired) electrons. The van der Waals surface area contributed by atoms with Crippen molar-refractivity contribution in [2.24, 2.45) is 0 Å². The number of rotatable bonds is 1. The molecule has 0 fully saturated rings. The van der Waals surface area contributed by atoms with E-state index in [1.165, 1.54) is 5.39 Å². The quantitative estimate of drug-likeness (QED) is 0.560. The maximum Gasteiger partial charge on any atom is 0.272 e. The van der Waals surface area contributed by atoms with E-state index >= 15 is 0 Å². The number of aryl methyl sites for hydroxylation is 1. The second-order valence-corrected chi connectivity index (χ2v) is 7.53. The minimum Gasteiger partial charge on any atom is -0.293 e. The van der Waals surface area contributed by atoms with E-state index in [1.54, 1.807) is 10.6 Å². The number of aromatic nitrogens is 3. The monoisotopic (exact) mass is 331 g/mol. The van der Waals surface area contributed by atoms with Crippen LogP contribution in [0.25, 0.3) is 27.5 Å². The van der Waals surface area contributed by atoms with Crippen LogP contribution in [0.4, 0.5) is 0 Å². The van der Waals surface area contributed by atoms with E-state index in [0.717, 1.165) is 27.9 Å². The molecule has 2 aromatic heterocycles. The van der Waals surface area contributed by atoms with Gasteiger partial charge >= 0.3 is 0 Å². The van der Waals surface area contributed by atoms with Gasteiger partial charge in [-0.3, -0.25) is 9.89 Å². The lowest BCUT2D eigenvalue weighted by Gasteiger charge is -2.17. The number of nitrogens with zero attached hydrogens (tertiary/aromatic N) is 2. The van der Waals surface area contributed by atoms with Crippen molar-refractivity contribution in [3.63, 3.8) is 0 Å². The molecule has 0 amide bonds. The van der Waals surface area contributed by atoms with Crippen LogP contribution in [0.5, 0.6) is 0 Å². The van der Waals surface area contributed by atoms with Gasteiger partial charge in [-0.25, -0.2) is 9.50 Å². The molecule has 0 atom stereocenters. The Labute approximate surface area is 146 Å². The first-order valence-corrected chi connectivity index (χ1v) is 8.47. The van der Waals surface area contributed by atoms with Gasteiger partial charge in [-0.1, -0.05) is 63.2 Å². The Morgan fingerprint density at radius 3 is 2.52 bits per heavy atom. The summed E-state index contributed by atoms with van der Waals surface area (Å²) in [6.45, 7) is 8.20. The molecule has 4 rings (SSSR count). The summed E-state index contributed by atoms with van der Waals surface area (Å²) in [6, 6.07) is 16.1. The van der Waals surface area contributed by atoms with Gasteiger partial charge in [0.2, 0.25) is 0 Å². The molecular formula is C21H21N3O. The van der Waals surface area contributed by atoms with E-state index in [0.29, 0.717) is 5.65 Å². The van der Waals surface area contributed by atoms with Gasteiger partial charge in [0.1, 0.15) is 0 Å². The van der Waals surface area contributed by atoms with Crippen LogP contribution in [-0.4, -0.2) is 14.6 Å². The van der Waals surface area contributed by atoms with Crippen LogP contribution in [0.2, 0.25) is 0 Å². The molecule has 0 aliphatic carbocycles. The fourth-order valence-corrected chi connectivity index (χ4v) is 3.30. The lowest BCUT2D eigenvalue weighted by atomic mass is 9.92. The van der Waals surface area contributed by atoms with Crippen molar-refractivity contribution in [3.8, 4) is 11.1 Å². The van der Waals surface area contributed by atoms with Gasteiger partial charge in [0.25, 0.3) is 5.56 Å². The Kier molecular flexibility index (Phi) is 3.32. The summed E-state index contributed by atoms with van der Waals surface area (Å²) in [5.74, 6) is 0. The first-order valence-electron chi connectivity index (χ1n) is 8.47. The molecule has 2 aromatic carbocycles. The highest BCUT2D eigenvalue weighted by molar-refractivity contribution is 6.00. The van der Waals surface area contributed by atoms with Crippen molar-refractivity contribution in [3.05, 3.63) is 70.3 Å². The Hall–Kier alpha value is -2.88. The Balaban J connectivity index is 2.13.